The number of Topliss-reactive ketones (excluding diaryl/α,β-unsaturated/α-hetero) is 3. The molecule has 0 spiro atoms. The fraction of sp³-hybridized carbons (Fsp3) is 0.357. The third-order valence-electron chi connectivity index (χ3n) is 9.37. The van der Waals surface area contributed by atoms with Crippen molar-refractivity contribution < 1.29 is 60.7 Å². The van der Waals surface area contributed by atoms with Gasteiger partial charge in [0.2, 0.25) is 0 Å². The second-order valence-corrected chi connectivity index (χ2v) is 13.6. The molecule has 3 N–H and O–H groups in total. The van der Waals surface area contributed by atoms with Gasteiger partial charge in [-0.3, -0.25) is 34.3 Å². The summed E-state index contributed by atoms with van der Waals surface area (Å²) in [6.45, 7) is 7.51. The minimum Gasteiger partial charge on any atom is -1.00 e. The summed E-state index contributed by atoms with van der Waals surface area (Å²) in [5.74, 6) is 0.375. The standard InChI is InChI=1S/C21H24N2O3.C21H22N2O3.B.Na.H/c2*1-13(15-6-4-3-5-7-15)8-18(26)10-17-9-16-11-22-21(14(2)25)20(16)19(12-24)23-17;;;/h3-7,9,13-14,24-25H,8,10-12H2,1-2H3;3-7,9,13,24H,8,10-12H2,1-2H3;;;/q;;;+1;-1/t13-,14?;13-;;;/m00.../s1. The number of carbonyl (C=O) groups excluding carboxylic acids is 3. The number of hydrogen-bond donors (Lipinski definition) is 3. The molecule has 0 saturated heterocycles. The largest absolute Gasteiger partial charge is 1.00 e. The molecule has 0 aliphatic carbocycles. The number of hydrogen-bond acceptors (Lipinski definition) is 10. The number of ketones is 3. The van der Waals surface area contributed by atoms with E-state index in [1.807, 2.05) is 86.6 Å². The van der Waals surface area contributed by atoms with Crippen LogP contribution in [0.3, 0.4) is 0 Å². The summed E-state index contributed by atoms with van der Waals surface area (Å²) in [7, 11) is 0. The zero-order valence-electron chi connectivity index (χ0n) is 32.7. The predicted molar refractivity (Wildman–Crippen MR) is 206 cm³/mol. The van der Waals surface area contributed by atoms with E-state index < -0.39 is 6.10 Å². The Hall–Kier alpha value is -3.97. The Morgan fingerprint density at radius 1 is 0.704 bits per heavy atom. The molecule has 6 rings (SSSR count). The maximum Gasteiger partial charge on any atom is 1.00 e. The number of benzene rings is 2. The first-order chi connectivity index (χ1) is 25.0. The van der Waals surface area contributed by atoms with Crippen molar-refractivity contribution in [2.45, 2.75) is 97.6 Å². The monoisotopic (exact) mass is 737 g/mol. The van der Waals surface area contributed by atoms with Gasteiger partial charge in [0, 0.05) is 63.5 Å². The molecule has 2 aromatic heterocycles. The average molecular weight is 738 g/mol. The van der Waals surface area contributed by atoms with E-state index in [1.54, 1.807) is 6.92 Å². The minimum atomic E-state index is -0.706. The SMILES string of the molecule is CC(=O)C1=NCc2cc(CC(=O)C[C@H](C)c3ccccc3)nc(CO)c21.CC(O)C1=NCc2cc(CC(=O)C[C@H](C)c3ccccc3)nc(CO)c21.[B].[H-].[Na+]. The Morgan fingerprint density at radius 2 is 1.13 bits per heavy atom. The first kappa shape index (κ1) is 44.4. The van der Waals surface area contributed by atoms with Gasteiger partial charge in [0.15, 0.2) is 5.78 Å². The predicted octanol–water partition coefficient (Wildman–Crippen LogP) is 2.07. The number of aromatic nitrogens is 2. The molecule has 0 saturated carbocycles. The van der Waals surface area contributed by atoms with Crippen molar-refractivity contribution in [3.05, 3.63) is 129 Å². The van der Waals surface area contributed by atoms with Gasteiger partial charge in [0.1, 0.15) is 17.3 Å². The Balaban J connectivity index is 0.000000360. The quantitative estimate of drug-likeness (QED) is 0.166. The molecular weight excluding hydrogens is 690 g/mol. The van der Waals surface area contributed by atoms with Crippen LogP contribution in [0.2, 0.25) is 0 Å². The third-order valence-corrected chi connectivity index (χ3v) is 9.37. The van der Waals surface area contributed by atoms with E-state index in [9.17, 15) is 29.7 Å². The maximum absolute atomic E-state index is 12.5. The average Bonchev–Trinajstić information content (AvgIpc) is 3.77. The number of aliphatic hydroxyl groups is 3. The van der Waals surface area contributed by atoms with Crippen LogP contribution in [0.15, 0.2) is 82.8 Å². The summed E-state index contributed by atoms with van der Waals surface area (Å²) >= 11 is 0. The Kier molecular flexibility index (Phi) is 17.0. The fourth-order valence-corrected chi connectivity index (χ4v) is 6.85. The maximum atomic E-state index is 12.5. The first-order valence-electron chi connectivity index (χ1n) is 17.7. The molecule has 2 aliphatic rings. The van der Waals surface area contributed by atoms with Crippen LogP contribution in [-0.4, -0.2) is 68.6 Å². The van der Waals surface area contributed by atoms with Gasteiger partial charge in [-0.2, -0.15) is 0 Å². The number of aliphatic imine (C=N–C) groups is 2. The summed E-state index contributed by atoms with van der Waals surface area (Å²) < 4.78 is 0. The molecule has 54 heavy (non-hydrogen) atoms. The van der Waals surface area contributed by atoms with Crippen molar-refractivity contribution in [3.8, 4) is 0 Å². The smallest absolute Gasteiger partial charge is 1.00 e. The van der Waals surface area contributed by atoms with Crippen molar-refractivity contribution in [3.63, 3.8) is 0 Å². The van der Waals surface area contributed by atoms with E-state index in [0.717, 1.165) is 27.8 Å². The van der Waals surface area contributed by atoms with E-state index in [1.165, 1.54) is 6.92 Å². The summed E-state index contributed by atoms with van der Waals surface area (Å²) in [5, 5.41) is 29.2. The number of nitrogens with zero attached hydrogens (tertiary/aromatic N) is 4. The molecule has 2 aromatic carbocycles. The Morgan fingerprint density at radius 3 is 1.56 bits per heavy atom. The zero-order chi connectivity index (χ0) is 37.4. The van der Waals surface area contributed by atoms with Crippen LogP contribution in [0.1, 0.15) is 110 Å². The molecule has 3 atom stereocenters. The van der Waals surface area contributed by atoms with Crippen molar-refractivity contribution in [1.29, 1.82) is 0 Å². The van der Waals surface area contributed by atoms with Crippen molar-refractivity contribution in [2.75, 3.05) is 0 Å². The molecule has 4 heterocycles. The van der Waals surface area contributed by atoms with Gasteiger partial charge in [-0.1, -0.05) is 74.5 Å². The van der Waals surface area contributed by atoms with Crippen LogP contribution in [-0.2, 0) is 53.5 Å². The Labute approximate surface area is 342 Å². The molecule has 4 aromatic rings. The minimum absolute atomic E-state index is 0. The molecular formula is C42H47BN4NaO6. The van der Waals surface area contributed by atoms with Crippen LogP contribution >= 0.6 is 0 Å². The topological polar surface area (TPSA) is 162 Å². The molecule has 12 heteroatoms. The number of carbonyl (C=O) groups is 3. The first-order valence-corrected chi connectivity index (χ1v) is 17.7. The summed E-state index contributed by atoms with van der Waals surface area (Å²) in [6, 6.07) is 23.6. The molecule has 0 amide bonds. The second-order valence-electron chi connectivity index (χ2n) is 13.6. The fourth-order valence-electron chi connectivity index (χ4n) is 6.85. The van der Waals surface area contributed by atoms with Gasteiger partial charge in [-0.25, -0.2) is 0 Å². The number of fused-ring (bicyclic) bond motifs is 2. The van der Waals surface area contributed by atoms with Crippen molar-refractivity contribution in [2.24, 2.45) is 9.98 Å². The molecule has 10 nitrogen and oxygen atoms in total. The van der Waals surface area contributed by atoms with Crippen LogP contribution in [0.4, 0.5) is 0 Å². The van der Waals surface area contributed by atoms with Crippen LogP contribution in [0.5, 0.6) is 0 Å². The molecule has 0 fully saturated rings. The Bertz CT molecular complexity index is 2010. The van der Waals surface area contributed by atoms with Crippen molar-refractivity contribution >= 4 is 37.2 Å². The van der Waals surface area contributed by atoms with Crippen LogP contribution in [0.25, 0.3) is 0 Å². The third kappa shape index (κ3) is 11.1. The van der Waals surface area contributed by atoms with Gasteiger partial charge >= 0.3 is 29.6 Å². The van der Waals surface area contributed by atoms with Gasteiger partial charge < -0.3 is 16.7 Å². The van der Waals surface area contributed by atoms with Gasteiger partial charge in [0.05, 0.1) is 49.5 Å². The molecule has 1 unspecified atom stereocenters. The number of aliphatic hydroxyl groups excluding tert-OH is 3. The molecule has 2 aliphatic heterocycles. The van der Waals surface area contributed by atoms with Gasteiger partial charge in [-0.15, -0.1) is 0 Å². The molecule has 0 bridgehead atoms. The van der Waals surface area contributed by atoms with Gasteiger partial charge in [0.25, 0.3) is 0 Å². The molecule has 275 valence electrons. The zero-order valence-corrected chi connectivity index (χ0v) is 33.7. The van der Waals surface area contributed by atoms with Crippen molar-refractivity contribution in [1.82, 2.24) is 9.97 Å². The van der Waals surface area contributed by atoms with Crippen LogP contribution < -0.4 is 29.6 Å². The van der Waals surface area contributed by atoms with Gasteiger partial charge in [-0.05, 0) is 53.1 Å². The second kappa shape index (κ2) is 20.6. The summed E-state index contributed by atoms with van der Waals surface area (Å²) in [4.78, 5) is 54.1. The van der Waals surface area contributed by atoms with E-state index in [4.69, 9.17) is 0 Å². The number of rotatable bonds is 14. The number of pyridine rings is 2. The van der Waals surface area contributed by atoms with E-state index in [-0.39, 0.29) is 94.6 Å². The summed E-state index contributed by atoms with van der Waals surface area (Å²) in [5.41, 5.74) is 8.54. The van der Waals surface area contributed by atoms with E-state index >= 15 is 0 Å². The van der Waals surface area contributed by atoms with E-state index in [0.29, 0.717) is 65.7 Å². The summed E-state index contributed by atoms with van der Waals surface area (Å²) in [6.07, 6.45) is 0.635. The van der Waals surface area contributed by atoms with E-state index in [2.05, 4.69) is 20.0 Å². The molecule has 3 radical (unpaired) electrons. The normalized spacial score (nSPS) is 14.1. The van der Waals surface area contributed by atoms with Crippen LogP contribution in [0, 0.1) is 0 Å².